The summed E-state index contributed by atoms with van der Waals surface area (Å²) in [6.45, 7) is 1.59. The second-order valence-electron chi connectivity index (χ2n) is 4.61. The average Bonchev–Trinajstić information content (AvgIpc) is 2.37. The molecular formula is C13H17NO4. The summed E-state index contributed by atoms with van der Waals surface area (Å²) in [7, 11) is 0. The highest BCUT2D eigenvalue weighted by Gasteiger charge is 2.19. The minimum atomic E-state index is -0.926. The first kappa shape index (κ1) is 13.0. The molecule has 0 spiro atoms. The number of hydrogen-bond acceptors (Lipinski definition) is 4. The topological polar surface area (TPSA) is 81.0 Å². The Labute approximate surface area is 105 Å². The van der Waals surface area contributed by atoms with Crippen LogP contribution >= 0.6 is 0 Å². The normalized spacial score (nSPS) is 17.2. The zero-order valence-corrected chi connectivity index (χ0v) is 10.0. The molecule has 0 saturated carbocycles. The number of carbonyl (C=O) groups is 1. The zero-order valence-electron chi connectivity index (χ0n) is 10.0. The Hall–Kier alpha value is -1.43. The molecule has 1 atom stereocenters. The van der Waals surface area contributed by atoms with Crippen molar-refractivity contribution in [3.8, 4) is 0 Å². The van der Waals surface area contributed by atoms with Crippen LogP contribution in [0.2, 0.25) is 0 Å². The van der Waals surface area contributed by atoms with Crippen LogP contribution in [0.15, 0.2) is 18.2 Å². The maximum atomic E-state index is 10.9. The highest BCUT2D eigenvalue weighted by Crippen LogP contribution is 2.20. The van der Waals surface area contributed by atoms with Crippen LogP contribution < -0.4 is 0 Å². The lowest BCUT2D eigenvalue weighted by molar-refractivity contribution is 0.0550. The SMILES string of the molecule is O=C(O)c1ccc2c(c1)CN(CC(O)CO)CC2. The molecule has 0 fully saturated rings. The molecule has 5 heteroatoms. The molecule has 2 rings (SSSR count). The third-order valence-electron chi connectivity index (χ3n) is 3.22. The van der Waals surface area contributed by atoms with Gasteiger partial charge in [-0.1, -0.05) is 6.07 Å². The molecular weight excluding hydrogens is 234 g/mol. The van der Waals surface area contributed by atoms with Crippen molar-refractivity contribution in [1.82, 2.24) is 4.90 Å². The van der Waals surface area contributed by atoms with E-state index in [0.29, 0.717) is 18.7 Å². The molecule has 1 aromatic carbocycles. The average molecular weight is 251 g/mol. The summed E-state index contributed by atoms with van der Waals surface area (Å²) in [6, 6.07) is 5.17. The third-order valence-corrected chi connectivity index (χ3v) is 3.22. The molecule has 0 aromatic heterocycles. The number of carboxylic acid groups (broad SMARTS) is 1. The van der Waals surface area contributed by atoms with Crippen LogP contribution in [-0.2, 0) is 13.0 Å². The van der Waals surface area contributed by atoms with Crippen molar-refractivity contribution in [2.75, 3.05) is 19.7 Å². The number of nitrogens with zero attached hydrogens (tertiary/aromatic N) is 1. The summed E-state index contributed by atoms with van der Waals surface area (Å²) in [5.74, 6) is -0.926. The van der Waals surface area contributed by atoms with Crippen LogP contribution in [0.4, 0.5) is 0 Å². The summed E-state index contributed by atoms with van der Waals surface area (Å²) in [6.07, 6.45) is 0.0992. The molecule has 1 aliphatic rings. The van der Waals surface area contributed by atoms with E-state index in [9.17, 15) is 9.90 Å². The van der Waals surface area contributed by atoms with Crippen LogP contribution in [0.25, 0.3) is 0 Å². The van der Waals surface area contributed by atoms with Crippen molar-refractivity contribution in [3.63, 3.8) is 0 Å². The van der Waals surface area contributed by atoms with Gasteiger partial charge in [0.25, 0.3) is 0 Å². The van der Waals surface area contributed by atoms with Gasteiger partial charge >= 0.3 is 5.97 Å². The second-order valence-corrected chi connectivity index (χ2v) is 4.61. The van der Waals surface area contributed by atoms with Crippen LogP contribution in [0.3, 0.4) is 0 Å². The quantitative estimate of drug-likeness (QED) is 0.707. The second kappa shape index (κ2) is 5.48. The van der Waals surface area contributed by atoms with Gasteiger partial charge in [-0.2, -0.15) is 0 Å². The first-order valence-corrected chi connectivity index (χ1v) is 5.96. The van der Waals surface area contributed by atoms with Crippen molar-refractivity contribution in [3.05, 3.63) is 34.9 Å². The molecule has 0 aliphatic carbocycles. The number of β-amino-alcohol motifs (C(OH)–C–C–N with tert-alkyl or cyclic N) is 1. The van der Waals surface area contributed by atoms with Crippen LogP contribution in [0.1, 0.15) is 21.5 Å². The molecule has 18 heavy (non-hydrogen) atoms. The molecule has 0 radical (unpaired) electrons. The molecule has 98 valence electrons. The number of aromatic carboxylic acids is 1. The molecule has 1 aliphatic heterocycles. The van der Waals surface area contributed by atoms with E-state index in [1.807, 2.05) is 11.0 Å². The van der Waals surface area contributed by atoms with E-state index in [4.69, 9.17) is 10.2 Å². The Bertz CT molecular complexity index is 447. The summed E-state index contributed by atoms with van der Waals surface area (Å²) < 4.78 is 0. The Kier molecular flexibility index (Phi) is 3.96. The number of fused-ring (bicyclic) bond motifs is 1. The van der Waals surface area contributed by atoms with Gasteiger partial charge < -0.3 is 15.3 Å². The van der Waals surface area contributed by atoms with E-state index < -0.39 is 12.1 Å². The third kappa shape index (κ3) is 2.87. The number of aliphatic hydroxyl groups excluding tert-OH is 2. The van der Waals surface area contributed by atoms with Crippen molar-refractivity contribution < 1.29 is 20.1 Å². The molecule has 5 nitrogen and oxygen atoms in total. The number of rotatable bonds is 4. The Morgan fingerprint density at radius 3 is 2.83 bits per heavy atom. The highest BCUT2D eigenvalue weighted by atomic mass is 16.4. The van der Waals surface area contributed by atoms with Crippen LogP contribution in [0, 0.1) is 0 Å². The molecule has 1 unspecified atom stereocenters. The lowest BCUT2D eigenvalue weighted by Crippen LogP contribution is -2.38. The number of hydrogen-bond donors (Lipinski definition) is 3. The van der Waals surface area contributed by atoms with Crippen molar-refractivity contribution in [2.45, 2.75) is 19.1 Å². The predicted molar refractivity (Wildman–Crippen MR) is 65.5 cm³/mol. The lowest BCUT2D eigenvalue weighted by atomic mass is 9.97. The van der Waals surface area contributed by atoms with Crippen LogP contribution in [-0.4, -0.2) is 52.0 Å². The van der Waals surface area contributed by atoms with E-state index in [1.54, 1.807) is 12.1 Å². The minimum Gasteiger partial charge on any atom is -0.478 e. The van der Waals surface area contributed by atoms with Gasteiger partial charge in [-0.25, -0.2) is 4.79 Å². The number of aliphatic hydroxyl groups is 2. The molecule has 1 heterocycles. The van der Waals surface area contributed by atoms with E-state index in [1.165, 1.54) is 0 Å². The summed E-state index contributed by atoms with van der Waals surface area (Å²) in [5, 5.41) is 27.2. The van der Waals surface area contributed by atoms with Gasteiger partial charge in [0.15, 0.2) is 0 Å². The Morgan fingerprint density at radius 1 is 1.39 bits per heavy atom. The van der Waals surface area contributed by atoms with E-state index in [-0.39, 0.29) is 6.61 Å². The summed E-state index contributed by atoms with van der Waals surface area (Å²) >= 11 is 0. The molecule has 0 saturated heterocycles. The van der Waals surface area contributed by atoms with Gasteiger partial charge in [-0.05, 0) is 29.7 Å². The summed E-state index contributed by atoms with van der Waals surface area (Å²) in [5.41, 5.74) is 2.44. The van der Waals surface area contributed by atoms with Gasteiger partial charge in [-0.3, -0.25) is 4.90 Å². The van der Waals surface area contributed by atoms with Gasteiger partial charge in [0, 0.05) is 19.6 Å². The van der Waals surface area contributed by atoms with Gasteiger partial charge in [-0.15, -0.1) is 0 Å². The smallest absolute Gasteiger partial charge is 0.335 e. The fourth-order valence-electron chi connectivity index (χ4n) is 2.26. The van der Waals surface area contributed by atoms with Gasteiger partial charge in [0.2, 0.25) is 0 Å². The fourth-order valence-corrected chi connectivity index (χ4v) is 2.26. The largest absolute Gasteiger partial charge is 0.478 e. The lowest BCUT2D eigenvalue weighted by Gasteiger charge is -2.30. The van der Waals surface area contributed by atoms with E-state index >= 15 is 0 Å². The first-order valence-electron chi connectivity index (χ1n) is 5.96. The predicted octanol–water partition coefficient (Wildman–Crippen LogP) is 0.0961. The molecule has 1 aromatic rings. The first-order chi connectivity index (χ1) is 8.60. The monoisotopic (exact) mass is 251 g/mol. The zero-order chi connectivity index (χ0) is 13.1. The Morgan fingerprint density at radius 2 is 2.17 bits per heavy atom. The van der Waals surface area contributed by atoms with E-state index in [2.05, 4.69) is 0 Å². The molecule has 3 N–H and O–H groups in total. The minimum absolute atomic E-state index is 0.251. The van der Waals surface area contributed by atoms with Crippen molar-refractivity contribution in [2.24, 2.45) is 0 Å². The maximum absolute atomic E-state index is 10.9. The number of carboxylic acids is 1. The van der Waals surface area contributed by atoms with Gasteiger partial charge in [0.05, 0.1) is 18.3 Å². The highest BCUT2D eigenvalue weighted by molar-refractivity contribution is 5.87. The van der Waals surface area contributed by atoms with Crippen molar-refractivity contribution in [1.29, 1.82) is 0 Å². The number of benzene rings is 1. The van der Waals surface area contributed by atoms with E-state index in [0.717, 1.165) is 24.1 Å². The van der Waals surface area contributed by atoms with Crippen molar-refractivity contribution >= 4 is 5.97 Å². The molecule has 0 bridgehead atoms. The van der Waals surface area contributed by atoms with Gasteiger partial charge in [0.1, 0.15) is 0 Å². The molecule has 0 amide bonds. The fraction of sp³-hybridized carbons (Fsp3) is 0.462. The standard InChI is InChI=1S/C13H17NO4/c15-8-12(16)7-14-4-3-9-1-2-10(13(17)18)5-11(9)6-14/h1-2,5,12,15-16H,3-4,6-8H2,(H,17,18). The van der Waals surface area contributed by atoms with Crippen LogP contribution in [0.5, 0.6) is 0 Å². The Balaban J connectivity index is 2.12. The summed E-state index contributed by atoms with van der Waals surface area (Å²) in [4.78, 5) is 12.9. The maximum Gasteiger partial charge on any atom is 0.335 e.